The van der Waals surface area contributed by atoms with Gasteiger partial charge in [-0.05, 0) is 6.42 Å². The Kier molecular flexibility index (Phi) is 1.80. The highest BCUT2D eigenvalue weighted by Crippen LogP contribution is 2.03. The van der Waals surface area contributed by atoms with Gasteiger partial charge in [0.15, 0.2) is 0 Å². The molecular weight excluding hydrogens is 100 g/mol. The fourth-order valence-corrected chi connectivity index (χ4v) is 0.686. The first kappa shape index (κ1) is 5.51. The molecule has 1 atom stereocenters. The standard InChI is InChI=1S/C6H10N2/c7-4-6-2-1-3-8-5-6/h1,3,5-6H,2,4,7H2. The van der Waals surface area contributed by atoms with E-state index in [0.717, 1.165) is 6.42 Å². The largest absolute Gasteiger partial charge is 0.330 e. The van der Waals surface area contributed by atoms with Crippen LogP contribution in [0.5, 0.6) is 0 Å². The molecule has 1 rings (SSSR count). The minimum Gasteiger partial charge on any atom is -0.330 e. The number of rotatable bonds is 1. The van der Waals surface area contributed by atoms with Crippen molar-refractivity contribution in [3.8, 4) is 0 Å². The van der Waals surface area contributed by atoms with Crippen LogP contribution in [0.4, 0.5) is 0 Å². The van der Waals surface area contributed by atoms with Gasteiger partial charge in [-0.15, -0.1) is 0 Å². The van der Waals surface area contributed by atoms with Gasteiger partial charge in [-0.25, -0.2) is 0 Å². The number of aliphatic imine (C=N–C) groups is 1. The van der Waals surface area contributed by atoms with E-state index in [2.05, 4.69) is 4.99 Å². The molecule has 0 spiro atoms. The molecule has 0 aromatic heterocycles. The fourth-order valence-electron chi connectivity index (χ4n) is 0.686. The second-order valence-electron chi connectivity index (χ2n) is 1.91. The smallest absolute Gasteiger partial charge is 0.0224 e. The summed E-state index contributed by atoms with van der Waals surface area (Å²) in [6.45, 7) is 0.716. The second-order valence-corrected chi connectivity index (χ2v) is 1.91. The summed E-state index contributed by atoms with van der Waals surface area (Å²) in [6.07, 6.45) is 6.81. The molecule has 0 aromatic rings. The highest BCUT2D eigenvalue weighted by atomic mass is 14.7. The molecule has 0 fully saturated rings. The first-order valence-electron chi connectivity index (χ1n) is 2.82. The molecule has 0 amide bonds. The van der Waals surface area contributed by atoms with Crippen molar-refractivity contribution in [2.45, 2.75) is 6.42 Å². The van der Waals surface area contributed by atoms with Crippen LogP contribution in [0.1, 0.15) is 6.42 Å². The van der Waals surface area contributed by atoms with Crippen LogP contribution in [0.2, 0.25) is 0 Å². The Morgan fingerprint density at radius 1 is 1.75 bits per heavy atom. The van der Waals surface area contributed by atoms with Crippen molar-refractivity contribution >= 4 is 6.21 Å². The zero-order valence-corrected chi connectivity index (χ0v) is 4.75. The zero-order chi connectivity index (χ0) is 5.82. The van der Waals surface area contributed by atoms with Gasteiger partial charge < -0.3 is 5.73 Å². The average molecular weight is 110 g/mol. The molecule has 2 N–H and O–H groups in total. The summed E-state index contributed by atoms with van der Waals surface area (Å²) in [4.78, 5) is 3.94. The summed E-state index contributed by atoms with van der Waals surface area (Å²) >= 11 is 0. The number of hydrogen-bond donors (Lipinski definition) is 1. The molecule has 0 saturated carbocycles. The van der Waals surface area contributed by atoms with E-state index in [0.29, 0.717) is 12.5 Å². The van der Waals surface area contributed by atoms with Crippen molar-refractivity contribution in [2.24, 2.45) is 16.6 Å². The molecule has 0 aliphatic carbocycles. The van der Waals surface area contributed by atoms with Gasteiger partial charge in [-0.3, -0.25) is 4.99 Å². The molecule has 2 nitrogen and oxygen atoms in total. The molecule has 2 heteroatoms. The quantitative estimate of drug-likeness (QED) is 0.526. The predicted octanol–water partition coefficient (Wildman–Crippen LogP) is 0.550. The van der Waals surface area contributed by atoms with E-state index in [-0.39, 0.29) is 0 Å². The molecule has 1 unspecified atom stereocenters. The van der Waals surface area contributed by atoms with Crippen molar-refractivity contribution in [3.63, 3.8) is 0 Å². The van der Waals surface area contributed by atoms with E-state index < -0.39 is 0 Å². The Balaban J connectivity index is 2.40. The zero-order valence-electron chi connectivity index (χ0n) is 4.75. The number of hydrogen-bond acceptors (Lipinski definition) is 2. The van der Waals surface area contributed by atoms with Gasteiger partial charge in [0.25, 0.3) is 0 Å². The Labute approximate surface area is 49.1 Å². The average Bonchev–Trinajstić information content (AvgIpc) is 1.90. The second kappa shape index (κ2) is 2.62. The summed E-state index contributed by atoms with van der Waals surface area (Å²) in [7, 11) is 0. The molecule has 0 radical (unpaired) electrons. The third-order valence-electron chi connectivity index (χ3n) is 1.23. The van der Waals surface area contributed by atoms with Crippen LogP contribution in [-0.4, -0.2) is 12.8 Å². The highest BCUT2D eigenvalue weighted by molar-refractivity contribution is 5.63. The maximum absolute atomic E-state index is 5.38. The number of nitrogens with zero attached hydrogens (tertiary/aromatic N) is 1. The summed E-state index contributed by atoms with van der Waals surface area (Å²) in [5.41, 5.74) is 5.38. The fraction of sp³-hybridized carbons (Fsp3) is 0.500. The van der Waals surface area contributed by atoms with Crippen LogP contribution >= 0.6 is 0 Å². The molecule has 0 saturated heterocycles. The molecular formula is C6H10N2. The predicted molar refractivity (Wildman–Crippen MR) is 34.8 cm³/mol. The van der Waals surface area contributed by atoms with Crippen molar-refractivity contribution in [3.05, 3.63) is 12.3 Å². The first-order chi connectivity index (χ1) is 3.93. The van der Waals surface area contributed by atoms with Crippen molar-refractivity contribution in [1.82, 2.24) is 0 Å². The highest BCUT2D eigenvalue weighted by Gasteiger charge is 2.00. The van der Waals surface area contributed by atoms with Crippen molar-refractivity contribution in [2.75, 3.05) is 6.54 Å². The SMILES string of the molecule is NCC1C=NC=CC1. The molecule has 44 valence electrons. The maximum Gasteiger partial charge on any atom is 0.0224 e. The van der Waals surface area contributed by atoms with Crippen LogP contribution in [0, 0.1) is 5.92 Å². The molecule has 0 aromatic carbocycles. The van der Waals surface area contributed by atoms with E-state index >= 15 is 0 Å². The normalized spacial score (nSPS) is 26.4. The lowest BCUT2D eigenvalue weighted by atomic mass is 10.1. The van der Waals surface area contributed by atoms with E-state index in [4.69, 9.17) is 5.73 Å². The Bertz CT molecular complexity index is 116. The van der Waals surface area contributed by atoms with Gasteiger partial charge in [0, 0.05) is 24.9 Å². The van der Waals surface area contributed by atoms with Crippen LogP contribution in [0.25, 0.3) is 0 Å². The van der Waals surface area contributed by atoms with Gasteiger partial charge in [-0.2, -0.15) is 0 Å². The lowest BCUT2D eigenvalue weighted by molar-refractivity contribution is 0.720. The lowest BCUT2D eigenvalue weighted by Gasteiger charge is -2.06. The molecule has 1 aliphatic heterocycles. The molecule has 1 aliphatic rings. The topological polar surface area (TPSA) is 38.4 Å². The number of allylic oxidation sites excluding steroid dienone is 1. The van der Waals surface area contributed by atoms with Crippen LogP contribution in [0.3, 0.4) is 0 Å². The van der Waals surface area contributed by atoms with Gasteiger partial charge in [0.1, 0.15) is 0 Å². The van der Waals surface area contributed by atoms with Crippen LogP contribution in [-0.2, 0) is 0 Å². The summed E-state index contributed by atoms with van der Waals surface area (Å²) < 4.78 is 0. The molecule has 0 bridgehead atoms. The van der Waals surface area contributed by atoms with Gasteiger partial charge in [0.05, 0.1) is 0 Å². The summed E-state index contributed by atoms with van der Waals surface area (Å²) in [5, 5.41) is 0. The maximum atomic E-state index is 5.38. The first-order valence-corrected chi connectivity index (χ1v) is 2.82. The van der Waals surface area contributed by atoms with E-state index in [9.17, 15) is 0 Å². The Hall–Kier alpha value is -0.630. The monoisotopic (exact) mass is 110 g/mol. The minimum absolute atomic E-state index is 0.486. The van der Waals surface area contributed by atoms with Crippen molar-refractivity contribution in [1.29, 1.82) is 0 Å². The molecule has 8 heavy (non-hydrogen) atoms. The minimum atomic E-state index is 0.486. The third kappa shape index (κ3) is 1.17. The van der Waals surface area contributed by atoms with Gasteiger partial charge >= 0.3 is 0 Å². The Morgan fingerprint density at radius 3 is 3.00 bits per heavy atom. The van der Waals surface area contributed by atoms with Crippen molar-refractivity contribution < 1.29 is 0 Å². The lowest BCUT2D eigenvalue weighted by Crippen LogP contribution is -2.15. The van der Waals surface area contributed by atoms with Gasteiger partial charge in [-0.1, -0.05) is 6.08 Å². The third-order valence-corrected chi connectivity index (χ3v) is 1.23. The van der Waals surface area contributed by atoms with E-state index in [1.807, 2.05) is 18.5 Å². The van der Waals surface area contributed by atoms with E-state index in [1.54, 1.807) is 0 Å². The number of nitrogens with two attached hydrogens (primary N) is 1. The Morgan fingerprint density at radius 2 is 2.62 bits per heavy atom. The van der Waals surface area contributed by atoms with Gasteiger partial charge in [0.2, 0.25) is 0 Å². The molecule has 1 heterocycles. The summed E-state index contributed by atoms with van der Waals surface area (Å²) in [5.74, 6) is 0.486. The van der Waals surface area contributed by atoms with Crippen LogP contribution in [0.15, 0.2) is 17.3 Å². The van der Waals surface area contributed by atoms with E-state index in [1.165, 1.54) is 0 Å². The van der Waals surface area contributed by atoms with Crippen LogP contribution < -0.4 is 5.73 Å². The summed E-state index contributed by atoms with van der Waals surface area (Å²) in [6, 6.07) is 0.